The van der Waals surface area contributed by atoms with Gasteiger partial charge in [-0.15, -0.1) is 0 Å². The summed E-state index contributed by atoms with van der Waals surface area (Å²) in [4.78, 5) is 0. The molecule has 0 bridgehead atoms. The van der Waals surface area contributed by atoms with Gasteiger partial charge < -0.3 is 9.47 Å². The lowest BCUT2D eigenvalue weighted by Gasteiger charge is -2.14. The fraction of sp³-hybridized carbons (Fsp3) is 0.130. The molecule has 0 aromatic heterocycles. The number of ether oxygens (including phenoxy) is 2. The van der Waals surface area contributed by atoms with Crippen LogP contribution in [0, 0.1) is 13.8 Å². The molecule has 1 heterocycles. The molecule has 2 nitrogen and oxygen atoms in total. The van der Waals surface area contributed by atoms with E-state index in [4.69, 9.17) is 9.47 Å². The van der Waals surface area contributed by atoms with Crippen LogP contribution in [0.4, 0.5) is 0 Å². The van der Waals surface area contributed by atoms with Crippen molar-refractivity contribution in [2.45, 2.75) is 13.8 Å². The Morgan fingerprint density at radius 2 is 1.04 bits per heavy atom. The van der Waals surface area contributed by atoms with Gasteiger partial charge in [0.15, 0.2) is 0 Å². The number of rotatable bonds is 0. The maximum absolute atomic E-state index is 5.94. The van der Waals surface area contributed by atoms with Gasteiger partial charge in [0, 0.05) is 11.1 Å². The van der Waals surface area contributed by atoms with Gasteiger partial charge in [-0.3, -0.25) is 0 Å². The highest BCUT2D eigenvalue weighted by atomic mass is 16.7. The molecule has 4 aromatic rings. The van der Waals surface area contributed by atoms with Crippen LogP contribution in [0.1, 0.15) is 11.1 Å². The molecule has 0 atom stereocenters. The first-order valence-electron chi connectivity index (χ1n) is 8.53. The summed E-state index contributed by atoms with van der Waals surface area (Å²) in [6.45, 7) is 4.48. The predicted molar refractivity (Wildman–Crippen MR) is 102 cm³/mol. The van der Waals surface area contributed by atoms with Crippen molar-refractivity contribution < 1.29 is 9.47 Å². The third-order valence-electron chi connectivity index (χ3n) is 4.96. The van der Waals surface area contributed by atoms with E-state index in [1.54, 1.807) is 0 Å². The van der Waals surface area contributed by atoms with Gasteiger partial charge in [0.05, 0.1) is 0 Å². The molecule has 4 aromatic carbocycles. The molecule has 0 unspecified atom stereocenters. The van der Waals surface area contributed by atoms with Crippen LogP contribution in [-0.2, 0) is 0 Å². The lowest BCUT2D eigenvalue weighted by Crippen LogP contribution is -2.03. The van der Waals surface area contributed by atoms with E-state index in [0.29, 0.717) is 0 Å². The second-order valence-corrected chi connectivity index (χ2v) is 6.73. The summed E-state index contributed by atoms with van der Waals surface area (Å²) in [7, 11) is 0. The maximum Gasteiger partial charge on any atom is 0.230 e. The van der Waals surface area contributed by atoms with Gasteiger partial charge >= 0.3 is 0 Å². The molecule has 2 heteroatoms. The molecule has 0 saturated heterocycles. The average Bonchev–Trinajstić information content (AvgIpc) is 2.81. The van der Waals surface area contributed by atoms with Gasteiger partial charge in [0.25, 0.3) is 0 Å². The van der Waals surface area contributed by atoms with Gasteiger partial charge in [0.1, 0.15) is 11.5 Å². The first-order chi connectivity index (χ1) is 12.2. The first-order valence-corrected chi connectivity index (χ1v) is 8.53. The van der Waals surface area contributed by atoms with Crippen LogP contribution in [-0.4, -0.2) is 6.79 Å². The van der Waals surface area contributed by atoms with Gasteiger partial charge in [0.2, 0.25) is 6.79 Å². The van der Waals surface area contributed by atoms with Crippen LogP contribution in [0.25, 0.3) is 32.7 Å². The van der Waals surface area contributed by atoms with Crippen LogP contribution in [0.2, 0.25) is 0 Å². The molecule has 0 saturated carbocycles. The van der Waals surface area contributed by atoms with E-state index in [0.717, 1.165) is 22.6 Å². The lowest BCUT2D eigenvalue weighted by atomic mass is 9.91. The van der Waals surface area contributed by atoms with E-state index in [1.165, 1.54) is 32.7 Å². The minimum Gasteiger partial charge on any atom is -0.457 e. The number of hydrogen-bond acceptors (Lipinski definition) is 2. The van der Waals surface area contributed by atoms with Crippen LogP contribution >= 0.6 is 0 Å². The van der Waals surface area contributed by atoms with Gasteiger partial charge in [-0.1, -0.05) is 59.7 Å². The van der Waals surface area contributed by atoms with Crippen molar-refractivity contribution in [2.75, 3.05) is 6.79 Å². The molecule has 122 valence electrons. The highest BCUT2D eigenvalue weighted by Crippen LogP contribution is 2.47. The summed E-state index contributed by atoms with van der Waals surface area (Å²) < 4.78 is 11.9. The molecule has 0 radical (unpaired) electrons. The third kappa shape index (κ3) is 2.18. The Morgan fingerprint density at radius 3 is 1.52 bits per heavy atom. The normalized spacial score (nSPS) is 12.9. The van der Waals surface area contributed by atoms with Crippen molar-refractivity contribution in [3.05, 3.63) is 71.8 Å². The van der Waals surface area contributed by atoms with Crippen molar-refractivity contribution >= 4 is 21.5 Å². The Morgan fingerprint density at radius 1 is 0.600 bits per heavy atom. The molecule has 0 spiro atoms. The summed E-state index contributed by atoms with van der Waals surface area (Å²) in [5, 5.41) is 4.84. The number of fused-ring (bicyclic) bond motifs is 7. The van der Waals surface area contributed by atoms with E-state index >= 15 is 0 Å². The van der Waals surface area contributed by atoms with Crippen molar-refractivity contribution in [3.63, 3.8) is 0 Å². The monoisotopic (exact) mass is 326 g/mol. The van der Waals surface area contributed by atoms with Gasteiger partial charge in [-0.2, -0.15) is 0 Å². The van der Waals surface area contributed by atoms with E-state index < -0.39 is 0 Å². The summed E-state index contributed by atoms with van der Waals surface area (Å²) in [5.74, 6) is 1.76. The Hall–Kier alpha value is -3.00. The van der Waals surface area contributed by atoms with Gasteiger partial charge in [-0.25, -0.2) is 0 Å². The quantitative estimate of drug-likeness (QED) is 0.394. The number of aryl methyl sites for hydroxylation is 2. The summed E-state index contributed by atoms with van der Waals surface area (Å²) in [6.07, 6.45) is 0. The van der Waals surface area contributed by atoms with Crippen molar-refractivity contribution in [2.24, 2.45) is 0 Å². The van der Waals surface area contributed by atoms with Gasteiger partial charge in [-0.05, 0) is 47.5 Å². The molecule has 0 fully saturated rings. The van der Waals surface area contributed by atoms with Crippen LogP contribution < -0.4 is 9.47 Å². The fourth-order valence-corrected chi connectivity index (χ4v) is 3.74. The molecule has 0 amide bonds. The Balaban J connectivity index is 2.00. The second kappa shape index (κ2) is 5.25. The van der Waals surface area contributed by atoms with Crippen LogP contribution in [0.3, 0.4) is 0 Å². The Kier molecular flexibility index (Phi) is 3.01. The first kappa shape index (κ1) is 14.4. The molecule has 5 rings (SSSR count). The van der Waals surface area contributed by atoms with E-state index in [2.05, 4.69) is 74.5 Å². The molecule has 0 aliphatic carbocycles. The topological polar surface area (TPSA) is 18.5 Å². The minimum atomic E-state index is 0.231. The minimum absolute atomic E-state index is 0.231. The smallest absolute Gasteiger partial charge is 0.230 e. The highest BCUT2D eigenvalue weighted by Gasteiger charge is 2.21. The molecule has 1 aliphatic heterocycles. The van der Waals surface area contributed by atoms with E-state index in [1.807, 2.05) is 0 Å². The summed E-state index contributed by atoms with van der Waals surface area (Å²) in [6, 6.07) is 21.5. The molecular formula is C23H18O2. The van der Waals surface area contributed by atoms with Crippen LogP contribution in [0.5, 0.6) is 11.5 Å². The largest absolute Gasteiger partial charge is 0.457 e. The Bertz CT molecular complexity index is 1050. The zero-order valence-corrected chi connectivity index (χ0v) is 14.3. The van der Waals surface area contributed by atoms with Crippen LogP contribution in [0.15, 0.2) is 60.7 Å². The van der Waals surface area contributed by atoms with Crippen molar-refractivity contribution in [1.82, 2.24) is 0 Å². The number of hydrogen-bond donors (Lipinski definition) is 0. The zero-order chi connectivity index (χ0) is 17.0. The molecule has 1 aliphatic rings. The van der Waals surface area contributed by atoms with E-state index in [9.17, 15) is 0 Å². The molecule has 0 N–H and O–H groups in total. The summed E-state index contributed by atoms with van der Waals surface area (Å²) in [5.41, 5.74) is 4.74. The molecule has 25 heavy (non-hydrogen) atoms. The predicted octanol–water partition coefficient (Wildman–Crippen LogP) is 6.01. The van der Waals surface area contributed by atoms with E-state index in [-0.39, 0.29) is 6.79 Å². The Labute approximate surface area is 146 Å². The lowest BCUT2D eigenvalue weighted by molar-refractivity contribution is 0.125. The zero-order valence-electron chi connectivity index (χ0n) is 14.3. The molecular weight excluding hydrogens is 308 g/mol. The van der Waals surface area contributed by atoms with Crippen molar-refractivity contribution in [1.29, 1.82) is 0 Å². The third-order valence-corrected chi connectivity index (χ3v) is 4.96. The second-order valence-electron chi connectivity index (χ2n) is 6.73. The maximum atomic E-state index is 5.94. The highest BCUT2D eigenvalue weighted by molar-refractivity contribution is 6.10. The summed E-state index contributed by atoms with van der Waals surface area (Å²) >= 11 is 0. The SMILES string of the molecule is Cc1ccc2ccc3c(c2c1)-c1c(ccc2ccc(C)cc12)OCO3. The van der Waals surface area contributed by atoms with Crippen molar-refractivity contribution in [3.8, 4) is 22.6 Å². The standard InChI is InChI=1S/C23H18O2/c1-14-3-5-16-7-9-20-22(18(16)11-14)23-19-12-15(2)4-6-17(19)8-10-21(23)25-13-24-20/h3-12H,13H2,1-2H3. The average molecular weight is 326 g/mol. The number of benzene rings is 4. The fourth-order valence-electron chi connectivity index (χ4n) is 3.74.